The van der Waals surface area contributed by atoms with Gasteiger partial charge in [0.2, 0.25) is 0 Å². The van der Waals surface area contributed by atoms with Crippen molar-refractivity contribution in [1.29, 1.82) is 5.26 Å². The molecule has 0 aliphatic heterocycles. The molecule has 0 radical (unpaired) electrons. The van der Waals surface area contributed by atoms with Gasteiger partial charge in [-0.3, -0.25) is 4.79 Å². The first kappa shape index (κ1) is 16.5. The van der Waals surface area contributed by atoms with Gasteiger partial charge < -0.3 is 5.32 Å². The zero-order chi connectivity index (χ0) is 17.0. The highest BCUT2D eigenvalue weighted by Crippen LogP contribution is 2.29. The molecule has 3 nitrogen and oxygen atoms in total. The number of nitrogens with one attached hydrogen (secondary N) is 1. The fourth-order valence-corrected chi connectivity index (χ4v) is 1.90. The van der Waals surface area contributed by atoms with Crippen molar-refractivity contribution >= 4 is 5.91 Å². The second kappa shape index (κ2) is 6.48. The molecule has 1 atom stereocenters. The van der Waals surface area contributed by atoms with E-state index in [4.69, 9.17) is 5.26 Å². The lowest BCUT2D eigenvalue weighted by Gasteiger charge is -2.13. The quantitative estimate of drug-likeness (QED) is 0.873. The summed E-state index contributed by atoms with van der Waals surface area (Å²) in [5.41, 5.74) is -0.850. The number of benzene rings is 2. The van der Waals surface area contributed by atoms with E-state index in [9.17, 15) is 22.4 Å². The average molecular weight is 322 g/mol. The topological polar surface area (TPSA) is 52.9 Å². The Morgan fingerprint density at radius 1 is 1.13 bits per heavy atom. The van der Waals surface area contributed by atoms with E-state index in [1.165, 1.54) is 18.2 Å². The minimum absolute atomic E-state index is 0.220. The van der Waals surface area contributed by atoms with Crippen LogP contribution >= 0.6 is 0 Å². The van der Waals surface area contributed by atoms with Crippen molar-refractivity contribution in [3.05, 3.63) is 71.0 Å². The molecule has 0 aromatic heterocycles. The zero-order valence-electron chi connectivity index (χ0n) is 11.6. The summed E-state index contributed by atoms with van der Waals surface area (Å²) in [5, 5.41) is 11.4. The third-order valence-corrected chi connectivity index (χ3v) is 3.06. The van der Waals surface area contributed by atoms with Gasteiger partial charge in [0.1, 0.15) is 11.9 Å². The van der Waals surface area contributed by atoms with Crippen molar-refractivity contribution in [2.75, 3.05) is 0 Å². The van der Waals surface area contributed by atoms with E-state index in [2.05, 4.69) is 5.32 Å². The number of carbonyl (C=O) groups excluding carboxylic acids is 1. The molecule has 0 aliphatic rings. The predicted molar refractivity (Wildman–Crippen MR) is 73.7 cm³/mol. The lowest BCUT2D eigenvalue weighted by atomic mass is 10.1. The van der Waals surface area contributed by atoms with E-state index in [0.29, 0.717) is 11.6 Å². The largest absolute Gasteiger partial charge is 0.416 e. The van der Waals surface area contributed by atoms with Gasteiger partial charge in [0, 0.05) is 5.56 Å². The molecule has 1 N–H and O–H groups in total. The molecule has 0 saturated heterocycles. The van der Waals surface area contributed by atoms with Gasteiger partial charge in [-0.2, -0.15) is 18.4 Å². The number of nitriles is 1. The van der Waals surface area contributed by atoms with Crippen LogP contribution in [0.3, 0.4) is 0 Å². The molecule has 2 aromatic rings. The molecule has 2 rings (SSSR count). The molecular weight excluding hydrogens is 312 g/mol. The van der Waals surface area contributed by atoms with E-state index >= 15 is 0 Å². The Morgan fingerprint density at radius 2 is 1.78 bits per heavy atom. The van der Waals surface area contributed by atoms with Crippen molar-refractivity contribution in [3.8, 4) is 6.07 Å². The molecule has 1 amide bonds. The maximum Gasteiger partial charge on any atom is 0.416 e. The van der Waals surface area contributed by atoms with E-state index in [1.54, 1.807) is 6.07 Å². The lowest BCUT2D eigenvalue weighted by Crippen LogP contribution is -2.27. The zero-order valence-corrected chi connectivity index (χ0v) is 11.6. The molecule has 0 aliphatic carbocycles. The molecule has 0 fully saturated rings. The van der Waals surface area contributed by atoms with Crippen LogP contribution in [0, 0.1) is 17.1 Å². The van der Waals surface area contributed by atoms with Crippen LogP contribution in [-0.2, 0) is 6.18 Å². The van der Waals surface area contributed by atoms with Gasteiger partial charge in [-0.05, 0) is 35.9 Å². The van der Waals surface area contributed by atoms with Crippen LogP contribution in [0.1, 0.15) is 27.5 Å². The number of alkyl halides is 3. The van der Waals surface area contributed by atoms with Gasteiger partial charge in [0.15, 0.2) is 0 Å². The fourth-order valence-electron chi connectivity index (χ4n) is 1.90. The maximum absolute atomic E-state index is 12.9. The minimum atomic E-state index is -4.57. The Morgan fingerprint density at radius 3 is 2.35 bits per heavy atom. The maximum atomic E-state index is 12.9. The van der Waals surface area contributed by atoms with Crippen LogP contribution in [0.15, 0.2) is 48.5 Å². The molecule has 0 unspecified atom stereocenters. The molecule has 118 valence electrons. The third kappa shape index (κ3) is 4.07. The van der Waals surface area contributed by atoms with Gasteiger partial charge in [-0.1, -0.05) is 18.2 Å². The summed E-state index contributed by atoms with van der Waals surface area (Å²) in [7, 11) is 0. The molecule has 23 heavy (non-hydrogen) atoms. The van der Waals surface area contributed by atoms with Crippen molar-refractivity contribution < 1.29 is 22.4 Å². The predicted octanol–water partition coefficient (Wildman–Crippen LogP) is 3.84. The molecule has 0 bridgehead atoms. The van der Waals surface area contributed by atoms with Crippen LogP contribution in [0.5, 0.6) is 0 Å². The standard InChI is InChI=1S/C16H10F4N2O/c17-13-6-4-10(5-7-13)14(9-21)22-15(23)11-2-1-3-12(8-11)16(18,19)20/h1-8,14H,(H,22,23)/t14-/m0/s1. The number of amides is 1. The Bertz CT molecular complexity index is 748. The number of hydrogen-bond donors (Lipinski definition) is 1. The SMILES string of the molecule is N#C[C@H](NC(=O)c1cccc(C(F)(F)F)c1)c1ccc(F)cc1. The van der Waals surface area contributed by atoms with Gasteiger partial charge in [-0.25, -0.2) is 4.39 Å². The van der Waals surface area contributed by atoms with E-state index in [0.717, 1.165) is 24.3 Å². The van der Waals surface area contributed by atoms with Gasteiger partial charge in [0.05, 0.1) is 11.6 Å². The first-order chi connectivity index (χ1) is 10.8. The molecule has 0 spiro atoms. The Labute approximate surface area is 129 Å². The summed E-state index contributed by atoms with van der Waals surface area (Å²) in [6.45, 7) is 0. The average Bonchev–Trinajstić information content (AvgIpc) is 2.52. The van der Waals surface area contributed by atoms with Crippen molar-refractivity contribution in [3.63, 3.8) is 0 Å². The molecule has 0 saturated carbocycles. The Balaban J connectivity index is 2.21. The molecule has 7 heteroatoms. The van der Waals surface area contributed by atoms with E-state index in [-0.39, 0.29) is 5.56 Å². The van der Waals surface area contributed by atoms with Crippen LogP contribution in [0.2, 0.25) is 0 Å². The number of rotatable bonds is 3. The van der Waals surface area contributed by atoms with Crippen molar-refractivity contribution in [2.45, 2.75) is 12.2 Å². The number of hydrogen-bond acceptors (Lipinski definition) is 2. The third-order valence-electron chi connectivity index (χ3n) is 3.06. The summed E-state index contributed by atoms with van der Waals surface area (Å²) < 4.78 is 50.8. The number of carbonyl (C=O) groups is 1. The first-order valence-corrected chi connectivity index (χ1v) is 6.44. The highest BCUT2D eigenvalue weighted by molar-refractivity contribution is 5.94. The molecule has 2 aromatic carbocycles. The number of halogens is 4. The molecular formula is C16H10F4N2O. The monoisotopic (exact) mass is 322 g/mol. The summed E-state index contributed by atoms with van der Waals surface area (Å²) in [4.78, 5) is 12.0. The van der Waals surface area contributed by atoms with Crippen LogP contribution in [0.4, 0.5) is 17.6 Å². The number of nitrogens with zero attached hydrogens (tertiary/aromatic N) is 1. The second-order valence-corrected chi connectivity index (χ2v) is 4.67. The van der Waals surface area contributed by atoms with Crippen LogP contribution < -0.4 is 5.32 Å². The van der Waals surface area contributed by atoms with Crippen molar-refractivity contribution in [2.24, 2.45) is 0 Å². The summed E-state index contributed by atoms with van der Waals surface area (Å²) in [5.74, 6) is -1.33. The van der Waals surface area contributed by atoms with Gasteiger partial charge >= 0.3 is 6.18 Å². The fraction of sp³-hybridized carbons (Fsp3) is 0.125. The van der Waals surface area contributed by atoms with Crippen molar-refractivity contribution in [1.82, 2.24) is 5.32 Å². The lowest BCUT2D eigenvalue weighted by molar-refractivity contribution is -0.137. The van der Waals surface area contributed by atoms with Gasteiger partial charge in [-0.15, -0.1) is 0 Å². The van der Waals surface area contributed by atoms with E-state index in [1.807, 2.05) is 0 Å². The molecule has 0 heterocycles. The highest BCUT2D eigenvalue weighted by atomic mass is 19.4. The summed E-state index contributed by atoms with van der Waals surface area (Å²) in [6.07, 6.45) is -4.57. The Hall–Kier alpha value is -2.88. The van der Waals surface area contributed by atoms with Crippen LogP contribution in [-0.4, -0.2) is 5.91 Å². The highest BCUT2D eigenvalue weighted by Gasteiger charge is 2.31. The van der Waals surface area contributed by atoms with Gasteiger partial charge in [0.25, 0.3) is 5.91 Å². The minimum Gasteiger partial charge on any atom is -0.333 e. The first-order valence-electron chi connectivity index (χ1n) is 6.44. The Kier molecular flexibility index (Phi) is 4.65. The summed E-state index contributed by atoms with van der Waals surface area (Å²) >= 11 is 0. The smallest absolute Gasteiger partial charge is 0.333 e. The van der Waals surface area contributed by atoms with Crippen LogP contribution in [0.25, 0.3) is 0 Å². The second-order valence-electron chi connectivity index (χ2n) is 4.67. The summed E-state index contributed by atoms with van der Waals surface area (Å²) in [6, 6.07) is 9.45. The normalized spacial score (nSPS) is 12.3. The van der Waals surface area contributed by atoms with E-state index < -0.39 is 29.5 Å².